The summed E-state index contributed by atoms with van der Waals surface area (Å²) in [5.41, 5.74) is 4.91. The Hall–Kier alpha value is -1.07. The van der Waals surface area contributed by atoms with E-state index < -0.39 is 0 Å². The smallest absolute Gasteiger partial charge is 0.269 e. The van der Waals surface area contributed by atoms with Crippen LogP contribution in [0.5, 0.6) is 0 Å². The van der Waals surface area contributed by atoms with Crippen LogP contribution in [0.2, 0.25) is 5.02 Å². The molecule has 80 valence electrons. The zero-order valence-electron chi connectivity index (χ0n) is 7.59. The van der Waals surface area contributed by atoms with Gasteiger partial charge in [-0.3, -0.25) is 20.4 Å². The van der Waals surface area contributed by atoms with Crippen LogP contribution < -0.4 is 10.9 Å². The Balaban J connectivity index is 2.54. The summed E-state index contributed by atoms with van der Waals surface area (Å²) in [7, 11) is 0. The molecule has 0 radical (unpaired) electrons. The number of benzene rings is 1. The Morgan fingerprint density at radius 2 is 1.80 bits per heavy atom. The summed E-state index contributed by atoms with van der Waals surface area (Å²) < 4.78 is 0. The summed E-state index contributed by atoms with van der Waals surface area (Å²) in [6, 6.07) is 6.33. The van der Waals surface area contributed by atoms with Gasteiger partial charge in [-0.1, -0.05) is 27.5 Å². The lowest BCUT2D eigenvalue weighted by molar-refractivity contribution is -0.119. The lowest BCUT2D eigenvalue weighted by Gasteiger charge is -2.05. The zero-order chi connectivity index (χ0) is 11.3. The van der Waals surface area contributed by atoms with Crippen molar-refractivity contribution in [2.45, 2.75) is 0 Å². The predicted molar refractivity (Wildman–Crippen MR) is 60.9 cm³/mol. The summed E-state index contributed by atoms with van der Waals surface area (Å²) in [6.07, 6.45) is 0. The number of amides is 2. The summed E-state index contributed by atoms with van der Waals surface area (Å²) in [6.45, 7) is 0. The Morgan fingerprint density at radius 3 is 2.33 bits per heavy atom. The first kappa shape index (κ1) is 12.0. The predicted octanol–water partition coefficient (Wildman–Crippen LogP) is 1.50. The molecule has 2 N–H and O–H groups in total. The highest BCUT2D eigenvalue weighted by Crippen LogP contribution is 2.08. The van der Waals surface area contributed by atoms with Gasteiger partial charge < -0.3 is 0 Å². The van der Waals surface area contributed by atoms with Crippen LogP contribution in [0.25, 0.3) is 0 Å². The summed E-state index contributed by atoms with van der Waals surface area (Å²) in [5.74, 6) is -0.710. The van der Waals surface area contributed by atoms with Crippen LogP contribution in [0.4, 0.5) is 0 Å². The van der Waals surface area contributed by atoms with Crippen LogP contribution in [-0.4, -0.2) is 17.1 Å². The van der Waals surface area contributed by atoms with Gasteiger partial charge in [0.05, 0.1) is 5.33 Å². The molecule has 0 fully saturated rings. The van der Waals surface area contributed by atoms with Gasteiger partial charge in [-0.15, -0.1) is 0 Å². The average molecular weight is 292 g/mol. The number of alkyl halides is 1. The summed E-state index contributed by atoms with van der Waals surface area (Å²) in [5, 5.41) is 0.685. The van der Waals surface area contributed by atoms with E-state index >= 15 is 0 Å². The van der Waals surface area contributed by atoms with Crippen LogP contribution in [0, 0.1) is 0 Å². The number of hydrogen-bond acceptors (Lipinski definition) is 2. The Morgan fingerprint density at radius 1 is 1.20 bits per heavy atom. The lowest BCUT2D eigenvalue weighted by Crippen LogP contribution is -2.42. The highest BCUT2D eigenvalue weighted by molar-refractivity contribution is 9.09. The molecule has 0 bridgehead atoms. The molecule has 1 rings (SSSR count). The number of carbonyl (C=O) groups is 2. The molecular weight excluding hydrogens is 283 g/mol. The van der Waals surface area contributed by atoms with Gasteiger partial charge in [-0.05, 0) is 24.3 Å². The third-order valence-corrected chi connectivity index (χ3v) is 2.30. The molecule has 6 heteroatoms. The van der Waals surface area contributed by atoms with Gasteiger partial charge in [0.25, 0.3) is 5.91 Å². The third kappa shape index (κ3) is 3.89. The van der Waals surface area contributed by atoms with E-state index in [1.54, 1.807) is 24.3 Å². The standard InChI is InChI=1S/C9H8BrClN2O2/c10-5-8(14)12-13-9(15)6-1-3-7(11)4-2-6/h1-4H,5H2,(H,12,14)(H,13,15). The second-order valence-corrected chi connectivity index (χ2v) is 3.64. The molecule has 0 aliphatic heterocycles. The molecule has 4 nitrogen and oxygen atoms in total. The van der Waals surface area contributed by atoms with E-state index in [4.69, 9.17) is 11.6 Å². The fourth-order valence-electron chi connectivity index (χ4n) is 0.833. The molecule has 0 heterocycles. The van der Waals surface area contributed by atoms with E-state index in [9.17, 15) is 9.59 Å². The maximum Gasteiger partial charge on any atom is 0.269 e. The van der Waals surface area contributed by atoms with Crippen molar-refractivity contribution >= 4 is 39.3 Å². The number of nitrogens with one attached hydrogen (secondary N) is 2. The molecule has 0 aliphatic rings. The first-order valence-corrected chi connectivity index (χ1v) is 5.54. The van der Waals surface area contributed by atoms with E-state index in [2.05, 4.69) is 26.8 Å². The van der Waals surface area contributed by atoms with E-state index in [1.165, 1.54) is 0 Å². The second-order valence-electron chi connectivity index (χ2n) is 2.64. The molecule has 1 aromatic carbocycles. The third-order valence-electron chi connectivity index (χ3n) is 1.54. The van der Waals surface area contributed by atoms with Gasteiger partial charge in [0, 0.05) is 10.6 Å². The van der Waals surface area contributed by atoms with Gasteiger partial charge in [0.15, 0.2) is 0 Å². The topological polar surface area (TPSA) is 58.2 Å². The van der Waals surface area contributed by atoms with Crippen molar-refractivity contribution in [3.63, 3.8) is 0 Å². The minimum absolute atomic E-state index is 0.133. The van der Waals surface area contributed by atoms with E-state index in [0.29, 0.717) is 10.6 Å². The molecule has 0 aromatic heterocycles. The highest BCUT2D eigenvalue weighted by atomic mass is 79.9. The van der Waals surface area contributed by atoms with Crippen LogP contribution in [-0.2, 0) is 4.79 Å². The van der Waals surface area contributed by atoms with Crippen molar-refractivity contribution in [3.8, 4) is 0 Å². The van der Waals surface area contributed by atoms with Gasteiger partial charge in [-0.25, -0.2) is 0 Å². The number of carbonyl (C=O) groups excluding carboxylic acids is 2. The minimum Gasteiger partial charge on any atom is -0.272 e. The number of hydrazine groups is 1. The molecule has 0 saturated carbocycles. The largest absolute Gasteiger partial charge is 0.272 e. The molecule has 1 aromatic rings. The van der Waals surface area contributed by atoms with Crippen LogP contribution in [0.1, 0.15) is 10.4 Å². The second kappa shape index (κ2) is 5.72. The fourth-order valence-corrected chi connectivity index (χ4v) is 1.10. The Labute approximate surface area is 100 Å². The van der Waals surface area contributed by atoms with Gasteiger partial charge in [0.1, 0.15) is 0 Å². The monoisotopic (exact) mass is 290 g/mol. The fraction of sp³-hybridized carbons (Fsp3) is 0.111. The Bertz CT molecular complexity index is 367. The van der Waals surface area contributed by atoms with E-state index in [-0.39, 0.29) is 17.1 Å². The number of hydrogen-bond donors (Lipinski definition) is 2. The van der Waals surface area contributed by atoms with E-state index in [0.717, 1.165) is 0 Å². The highest BCUT2D eigenvalue weighted by Gasteiger charge is 2.05. The number of halogens is 2. The van der Waals surface area contributed by atoms with Crippen LogP contribution >= 0.6 is 27.5 Å². The average Bonchev–Trinajstić information content (AvgIpc) is 2.26. The molecular formula is C9H8BrClN2O2. The molecule has 0 spiro atoms. The Kier molecular flexibility index (Phi) is 4.58. The SMILES string of the molecule is O=C(CBr)NNC(=O)c1ccc(Cl)cc1. The molecule has 0 unspecified atom stereocenters. The quantitative estimate of drug-likeness (QED) is 0.641. The molecule has 2 amide bonds. The van der Waals surface area contributed by atoms with Crippen molar-refractivity contribution in [2.75, 3.05) is 5.33 Å². The maximum atomic E-state index is 11.4. The van der Waals surface area contributed by atoms with Gasteiger partial charge in [0.2, 0.25) is 5.91 Å². The van der Waals surface area contributed by atoms with Crippen molar-refractivity contribution in [1.82, 2.24) is 10.9 Å². The van der Waals surface area contributed by atoms with Crippen molar-refractivity contribution in [1.29, 1.82) is 0 Å². The van der Waals surface area contributed by atoms with E-state index in [1.807, 2.05) is 0 Å². The first-order chi connectivity index (χ1) is 7.13. The van der Waals surface area contributed by atoms with Crippen LogP contribution in [0.3, 0.4) is 0 Å². The van der Waals surface area contributed by atoms with Gasteiger partial charge in [-0.2, -0.15) is 0 Å². The zero-order valence-corrected chi connectivity index (χ0v) is 9.93. The lowest BCUT2D eigenvalue weighted by atomic mass is 10.2. The first-order valence-electron chi connectivity index (χ1n) is 4.04. The summed E-state index contributed by atoms with van der Waals surface area (Å²) >= 11 is 8.61. The maximum absolute atomic E-state index is 11.4. The van der Waals surface area contributed by atoms with Crippen molar-refractivity contribution in [3.05, 3.63) is 34.9 Å². The minimum atomic E-state index is -0.388. The summed E-state index contributed by atoms with van der Waals surface area (Å²) in [4.78, 5) is 22.2. The van der Waals surface area contributed by atoms with Crippen molar-refractivity contribution < 1.29 is 9.59 Å². The normalized spacial score (nSPS) is 9.47. The molecule has 0 saturated heterocycles. The molecule has 0 atom stereocenters. The van der Waals surface area contributed by atoms with Crippen molar-refractivity contribution in [2.24, 2.45) is 0 Å². The molecule has 15 heavy (non-hydrogen) atoms. The molecule has 0 aliphatic carbocycles. The van der Waals surface area contributed by atoms with Crippen LogP contribution in [0.15, 0.2) is 24.3 Å². The van der Waals surface area contributed by atoms with Gasteiger partial charge >= 0.3 is 0 Å². The number of rotatable bonds is 2.